The first kappa shape index (κ1) is 23.5. The van der Waals surface area contributed by atoms with E-state index in [0.29, 0.717) is 17.9 Å². The number of carbonyl (C=O) groups excluding carboxylic acids is 1. The van der Waals surface area contributed by atoms with Gasteiger partial charge in [0.25, 0.3) is 0 Å². The van der Waals surface area contributed by atoms with Crippen molar-refractivity contribution in [3.05, 3.63) is 81.2 Å². The molecule has 1 aromatic heterocycles. The fourth-order valence-electron chi connectivity index (χ4n) is 5.48. The van der Waals surface area contributed by atoms with Crippen LogP contribution in [0.5, 0.6) is 11.5 Å². The van der Waals surface area contributed by atoms with Crippen LogP contribution in [0.3, 0.4) is 0 Å². The third kappa shape index (κ3) is 4.20. The Morgan fingerprint density at radius 3 is 2.34 bits per heavy atom. The van der Waals surface area contributed by atoms with E-state index < -0.39 is 0 Å². The van der Waals surface area contributed by atoms with Gasteiger partial charge in [0, 0.05) is 64.9 Å². The number of anilines is 2. The van der Waals surface area contributed by atoms with E-state index in [1.807, 2.05) is 12.1 Å². The van der Waals surface area contributed by atoms with Crippen molar-refractivity contribution >= 4 is 28.5 Å². The third-order valence-electron chi connectivity index (χ3n) is 7.25. The Hall–Kier alpha value is -3.25. The number of allylic oxidation sites excluding steroid dienone is 2. The van der Waals surface area contributed by atoms with Gasteiger partial charge in [-0.05, 0) is 61.0 Å². The molecule has 1 aliphatic carbocycles. The molecule has 0 unspecified atom stereocenters. The largest absolute Gasteiger partial charge is 0.493 e. The smallest absolute Gasteiger partial charge is 0.162 e. The maximum atomic E-state index is 13.7. The summed E-state index contributed by atoms with van der Waals surface area (Å²) in [7, 11) is 3.30. The first-order valence-corrected chi connectivity index (χ1v) is 13.1. The Morgan fingerprint density at radius 2 is 1.71 bits per heavy atom. The van der Waals surface area contributed by atoms with Crippen molar-refractivity contribution in [2.24, 2.45) is 0 Å². The van der Waals surface area contributed by atoms with Crippen LogP contribution in [0.15, 0.2) is 65.2 Å². The molecule has 1 N–H and O–H groups in total. The first-order valence-electron chi connectivity index (χ1n) is 12.2. The highest BCUT2D eigenvalue weighted by atomic mass is 32.1. The van der Waals surface area contributed by atoms with Crippen LogP contribution in [0.1, 0.15) is 54.5 Å². The normalized spacial score (nSPS) is 19.0. The Bertz CT molecular complexity index is 1240. The van der Waals surface area contributed by atoms with E-state index in [0.717, 1.165) is 47.6 Å². The molecular weight excluding hydrogens is 456 g/mol. The van der Waals surface area contributed by atoms with Crippen molar-refractivity contribution in [1.82, 2.24) is 0 Å². The van der Waals surface area contributed by atoms with Gasteiger partial charge in [-0.25, -0.2) is 0 Å². The maximum Gasteiger partial charge on any atom is 0.162 e. The average Bonchev–Trinajstić information content (AvgIpc) is 3.43. The van der Waals surface area contributed by atoms with Crippen LogP contribution in [0.2, 0.25) is 0 Å². The molecule has 0 saturated heterocycles. The summed E-state index contributed by atoms with van der Waals surface area (Å²) in [5, 5.41) is 5.70. The number of Topliss-reactive ketones (excluding diaryl/α,β-unsaturated/α-hetero) is 1. The number of benzene rings is 2. The standard InChI is InChI=1S/C29H32N2O3S/c1-5-31(6-2)20-11-9-18(10-12-20)28-21-16-25(33-3)26(34-4)17-22(21)30-23-14-19(15-24(32)29(23)28)27-8-7-13-35-27/h7-13,16-17,19,28,30H,5-6,14-15H2,1-4H3/t19-,28-/m1/s1. The van der Waals surface area contributed by atoms with Crippen molar-refractivity contribution in [2.45, 2.75) is 38.5 Å². The van der Waals surface area contributed by atoms with E-state index >= 15 is 0 Å². The molecular formula is C29H32N2O3S. The number of carbonyl (C=O) groups is 1. The molecule has 35 heavy (non-hydrogen) atoms. The molecule has 1 aliphatic heterocycles. The van der Waals surface area contributed by atoms with Crippen molar-refractivity contribution in [1.29, 1.82) is 0 Å². The van der Waals surface area contributed by atoms with Gasteiger partial charge in [-0.2, -0.15) is 0 Å². The van der Waals surface area contributed by atoms with Crippen LogP contribution in [-0.2, 0) is 4.79 Å². The van der Waals surface area contributed by atoms with E-state index in [9.17, 15) is 4.79 Å². The molecule has 5 rings (SSSR count). The van der Waals surface area contributed by atoms with E-state index in [1.165, 1.54) is 10.6 Å². The lowest BCUT2D eigenvalue weighted by molar-refractivity contribution is -0.116. The van der Waals surface area contributed by atoms with Gasteiger partial charge in [0.05, 0.1) is 14.2 Å². The topological polar surface area (TPSA) is 50.8 Å². The lowest BCUT2D eigenvalue weighted by atomic mass is 9.73. The maximum absolute atomic E-state index is 13.7. The average molecular weight is 489 g/mol. The summed E-state index contributed by atoms with van der Waals surface area (Å²) in [4.78, 5) is 17.3. The van der Waals surface area contributed by atoms with Crippen LogP contribution >= 0.6 is 11.3 Å². The van der Waals surface area contributed by atoms with E-state index in [1.54, 1.807) is 25.6 Å². The van der Waals surface area contributed by atoms with E-state index in [4.69, 9.17) is 9.47 Å². The number of ether oxygens (including phenoxy) is 2. The summed E-state index contributed by atoms with van der Waals surface area (Å²) in [6, 6.07) is 16.9. The molecule has 2 aliphatic rings. The van der Waals surface area contributed by atoms with Crippen molar-refractivity contribution in [3.63, 3.8) is 0 Å². The van der Waals surface area contributed by atoms with Crippen LogP contribution in [0.25, 0.3) is 0 Å². The van der Waals surface area contributed by atoms with Crippen molar-refractivity contribution < 1.29 is 14.3 Å². The van der Waals surface area contributed by atoms with Gasteiger partial charge in [0.1, 0.15) is 0 Å². The molecule has 3 aromatic rings. The highest BCUT2D eigenvalue weighted by molar-refractivity contribution is 7.10. The fourth-order valence-corrected chi connectivity index (χ4v) is 6.31. The minimum absolute atomic E-state index is 0.149. The number of ketones is 1. The van der Waals surface area contributed by atoms with E-state index in [-0.39, 0.29) is 17.6 Å². The monoisotopic (exact) mass is 488 g/mol. The van der Waals surface area contributed by atoms with Gasteiger partial charge in [-0.1, -0.05) is 18.2 Å². The lowest BCUT2D eigenvalue weighted by Crippen LogP contribution is -2.29. The highest BCUT2D eigenvalue weighted by Crippen LogP contribution is 2.50. The molecule has 182 valence electrons. The highest BCUT2D eigenvalue weighted by Gasteiger charge is 2.39. The second-order valence-electron chi connectivity index (χ2n) is 9.05. The zero-order valence-corrected chi connectivity index (χ0v) is 21.6. The number of nitrogens with one attached hydrogen (secondary N) is 1. The molecule has 0 saturated carbocycles. The minimum atomic E-state index is -0.149. The SMILES string of the molecule is CCN(CC)c1ccc([C@H]2C3=C(C[C@@H](c4cccs4)CC3=O)Nc3cc(OC)c(OC)cc32)cc1. The van der Waals surface area contributed by atoms with Gasteiger partial charge in [-0.3, -0.25) is 4.79 Å². The second-order valence-corrected chi connectivity index (χ2v) is 10.0. The third-order valence-corrected chi connectivity index (χ3v) is 8.28. The van der Waals surface area contributed by atoms with Gasteiger partial charge < -0.3 is 19.7 Å². The fraction of sp³-hybridized carbons (Fsp3) is 0.345. The van der Waals surface area contributed by atoms with E-state index in [2.05, 4.69) is 65.8 Å². The summed E-state index contributed by atoms with van der Waals surface area (Å²) in [6.07, 6.45) is 1.36. The predicted octanol–water partition coefficient (Wildman–Crippen LogP) is 6.57. The number of thiophene rings is 1. The quantitative estimate of drug-likeness (QED) is 0.408. The van der Waals surface area contributed by atoms with Crippen LogP contribution < -0.4 is 19.7 Å². The predicted molar refractivity (Wildman–Crippen MR) is 143 cm³/mol. The Balaban J connectivity index is 1.63. The van der Waals surface area contributed by atoms with Crippen molar-refractivity contribution in [3.8, 4) is 11.5 Å². The number of nitrogens with zero attached hydrogens (tertiary/aromatic N) is 1. The Kier molecular flexibility index (Phi) is 6.56. The molecule has 5 nitrogen and oxygen atoms in total. The van der Waals surface area contributed by atoms with Gasteiger partial charge in [-0.15, -0.1) is 11.3 Å². The molecule has 2 aromatic carbocycles. The van der Waals surface area contributed by atoms with Crippen molar-refractivity contribution in [2.75, 3.05) is 37.5 Å². The number of hydrogen-bond acceptors (Lipinski definition) is 6. The van der Waals surface area contributed by atoms with Gasteiger partial charge in [0.2, 0.25) is 0 Å². The van der Waals surface area contributed by atoms with Crippen LogP contribution in [-0.4, -0.2) is 33.1 Å². The summed E-state index contributed by atoms with van der Waals surface area (Å²) < 4.78 is 11.2. The zero-order chi connectivity index (χ0) is 24.5. The number of fused-ring (bicyclic) bond motifs is 1. The molecule has 0 amide bonds. The van der Waals surface area contributed by atoms with Crippen LogP contribution in [0, 0.1) is 0 Å². The summed E-state index contributed by atoms with van der Waals surface area (Å²) in [6.45, 7) is 6.26. The molecule has 0 bridgehead atoms. The first-order chi connectivity index (χ1) is 17.1. The Morgan fingerprint density at radius 1 is 1.00 bits per heavy atom. The summed E-state index contributed by atoms with van der Waals surface area (Å²) in [5.41, 5.74) is 6.23. The molecule has 2 atom stereocenters. The summed E-state index contributed by atoms with van der Waals surface area (Å²) >= 11 is 1.73. The summed E-state index contributed by atoms with van der Waals surface area (Å²) in [5.74, 6) is 1.62. The number of hydrogen-bond donors (Lipinski definition) is 1. The van der Waals surface area contributed by atoms with Gasteiger partial charge >= 0.3 is 0 Å². The second kappa shape index (κ2) is 9.78. The number of methoxy groups -OCH3 is 2. The molecule has 0 spiro atoms. The molecule has 0 radical (unpaired) electrons. The van der Waals surface area contributed by atoms with Crippen LogP contribution in [0.4, 0.5) is 11.4 Å². The molecule has 2 heterocycles. The zero-order valence-electron chi connectivity index (χ0n) is 20.8. The number of rotatable bonds is 7. The van der Waals surface area contributed by atoms with Gasteiger partial charge in [0.15, 0.2) is 17.3 Å². The minimum Gasteiger partial charge on any atom is -0.493 e. The molecule has 0 fully saturated rings. The molecule has 6 heteroatoms. The lowest BCUT2D eigenvalue weighted by Gasteiger charge is -2.37. The Labute approximate surface area is 211 Å².